The van der Waals surface area contributed by atoms with Gasteiger partial charge in [0.1, 0.15) is 6.67 Å². The summed E-state index contributed by atoms with van der Waals surface area (Å²) < 4.78 is 0. The van der Waals surface area contributed by atoms with Crippen molar-refractivity contribution in [1.82, 2.24) is 4.90 Å². The van der Waals surface area contributed by atoms with E-state index in [1.807, 2.05) is 0 Å². The summed E-state index contributed by atoms with van der Waals surface area (Å²) in [5, 5.41) is 2.93. The Bertz CT molecular complexity index is 276. The molecule has 62 valence electrons. The van der Waals surface area contributed by atoms with Crippen molar-refractivity contribution in [3.63, 3.8) is 0 Å². The fourth-order valence-corrected chi connectivity index (χ4v) is 0.778. The Morgan fingerprint density at radius 1 is 1.83 bits per heavy atom. The van der Waals surface area contributed by atoms with Gasteiger partial charge in [-0.3, -0.25) is 9.79 Å². The largest absolute Gasteiger partial charge is 0.351 e. The van der Waals surface area contributed by atoms with Crippen molar-refractivity contribution in [2.75, 3.05) is 13.2 Å². The van der Waals surface area contributed by atoms with Crippen molar-refractivity contribution in [1.29, 1.82) is 0 Å². The molecule has 6 nitrogen and oxygen atoms in total. The molecule has 0 aliphatic carbocycles. The molecule has 0 saturated carbocycles. The van der Waals surface area contributed by atoms with Gasteiger partial charge < -0.3 is 4.90 Å². The van der Waals surface area contributed by atoms with Crippen LogP contribution in [-0.4, -0.2) is 30.2 Å². The van der Waals surface area contributed by atoms with Gasteiger partial charge in [0.2, 0.25) is 5.91 Å². The van der Waals surface area contributed by atoms with E-state index in [-0.39, 0.29) is 6.54 Å². The molecule has 0 N–H and O–H groups in total. The van der Waals surface area contributed by atoms with Crippen molar-refractivity contribution in [3.05, 3.63) is 22.7 Å². The maximum atomic E-state index is 10.8. The molecule has 12 heavy (non-hydrogen) atoms. The molecule has 0 radical (unpaired) electrons. The first-order valence-electron chi connectivity index (χ1n) is 3.31. The molecule has 0 spiro atoms. The minimum absolute atomic E-state index is 0.0812. The molecule has 1 rings (SSSR count). The van der Waals surface area contributed by atoms with Gasteiger partial charge in [-0.15, -0.1) is 0 Å². The molecule has 0 atom stereocenters. The number of hydrogen-bond acceptors (Lipinski definition) is 3. The maximum Gasteiger partial charge on any atom is 0.238 e. The number of rotatable bonds is 2. The lowest BCUT2D eigenvalue weighted by Crippen LogP contribution is -2.25. The van der Waals surface area contributed by atoms with Crippen molar-refractivity contribution < 1.29 is 4.79 Å². The molecule has 1 aliphatic rings. The van der Waals surface area contributed by atoms with Crippen LogP contribution >= 0.6 is 0 Å². The van der Waals surface area contributed by atoms with Gasteiger partial charge in [0, 0.05) is 17.3 Å². The van der Waals surface area contributed by atoms with Crippen LogP contribution in [0.5, 0.6) is 0 Å². The van der Waals surface area contributed by atoms with Crippen molar-refractivity contribution >= 4 is 12.1 Å². The predicted molar refractivity (Wildman–Crippen MR) is 43.4 cm³/mol. The van der Waals surface area contributed by atoms with Gasteiger partial charge in [-0.05, 0) is 16.7 Å². The first kappa shape index (κ1) is 8.29. The number of azide groups is 1. The Kier molecular flexibility index (Phi) is 2.87. The molecule has 0 unspecified atom stereocenters. The number of hydrogen-bond donors (Lipinski definition) is 0. The fourth-order valence-electron chi connectivity index (χ4n) is 0.778. The SMILES string of the molecule is [N-]=[N+]=NC(=O)CN1C=CC=NC1. The van der Waals surface area contributed by atoms with E-state index >= 15 is 0 Å². The van der Waals surface area contributed by atoms with E-state index in [0.717, 1.165) is 0 Å². The second-order valence-corrected chi connectivity index (χ2v) is 2.14. The first-order valence-corrected chi connectivity index (χ1v) is 3.31. The van der Waals surface area contributed by atoms with E-state index < -0.39 is 5.91 Å². The van der Waals surface area contributed by atoms with E-state index in [0.29, 0.717) is 6.67 Å². The highest BCUT2D eigenvalue weighted by Gasteiger charge is 2.04. The lowest BCUT2D eigenvalue weighted by atomic mass is 10.5. The van der Waals surface area contributed by atoms with E-state index in [2.05, 4.69) is 15.0 Å². The van der Waals surface area contributed by atoms with Gasteiger partial charge in [-0.1, -0.05) is 0 Å². The van der Waals surface area contributed by atoms with Crippen molar-refractivity contribution in [2.24, 2.45) is 10.1 Å². The van der Waals surface area contributed by atoms with Crippen LogP contribution < -0.4 is 0 Å². The Morgan fingerprint density at radius 2 is 2.67 bits per heavy atom. The highest BCUT2D eigenvalue weighted by atomic mass is 16.2. The Hall–Kier alpha value is -1.81. The topological polar surface area (TPSA) is 81.4 Å². The van der Waals surface area contributed by atoms with Crippen LogP contribution in [0.1, 0.15) is 0 Å². The average molecular weight is 165 g/mol. The quantitative estimate of drug-likeness (QED) is 0.342. The van der Waals surface area contributed by atoms with Crippen molar-refractivity contribution in [3.8, 4) is 0 Å². The van der Waals surface area contributed by atoms with Gasteiger partial charge in [0.15, 0.2) is 0 Å². The molecule has 0 aromatic rings. The minimum Gasteiger partial charge on any atom is -0.351 e. The number of carbonyl (C=O) groups is 1. The number of carbonyl (C=O) groups excluding carboxylic acids is 1. The standard InChI is InChI=1S/C6H7N5O/c7-10-9-6(12)4-11-3-1-2-8-5-11/h1-3H,4-5H2. The normalized spacial score (nSPS) is 14.2. The fraction of sp³-hybridized carbons (Fsp3) is 0.333. The average Bonchev–Trinajstić information content (AvgIpc) is 2.06. The first-order chi connectivity index (χ1) is 5.83. The summed E-state index contributed by atoms with van der Waals surface area (Å²) in [5.41, 5.74) is 7.94. The second kappa shape index (κ2) is 4.15. The molecular formula is C6H7N5O. The monoisotopic (exact) mass is 165 g/mol. The van der Waals surface area contributed by atoms with E-state index in [9.17, 15) is 4.79 Å². The number of nitrogens with zero attached hydrogens (tertiary/aromatic N) is 5. The summed E-state index contributed by atoms with van der Waals surface area (Å²) in [5.74, 6) is -0.501. The molecule has 1 heterocycles. The molecule has 0 fully saturated rings. The van der Waals surface area contributed by atoms with Gasteiger partial charge in [0.25, 0.3) is 0 Å². The summed E-state index contributed by atoms with van der Waals surface area (Å²) in [6, 6.07) is 0. The Balaban J connectivity index is 2.41. The van der Waals surface area contributed by atoms with Gasteiger partial charge in [-0.25, -0.2) is 0 Å². The van der Waals surface area contributed by atoms with E-state index in [1.165, 1.54) is 0 Å². The van der Waals surface area contributed by atoms with Crippen LogP contribution in [0.15, 0.2) is 22.4 Å². The van der Waals surface area contributed by atoms with Gasteiger partial charge >= 0.3 is 0 Å². The number of aliphatic imine (C=N–C) groups is 1. The summed E-state index contributed by atoms with van der Waals surface area (Å²) in [4.78, 5) is 18.7. The molecule has 0 aromatic heterocycles. The van der Waals surface area contributed by atoms with Gasteiger partial charge in [0.05, 0.1) is 6.54 Å². The van der Waals surface area contributed by atoms with Gasteiger partial charge in [-0.2, -0.15) is 0 Å². The molecule has 0 saturated heterocycles. The van der Waals surface area contributed by atoms with Crippen LogP contribution in [0.2, 0.25) is 0 Å². The highest BCUT2D eigenvalue weighted by molar-refractivity contribution is 5.79. The molecule has 0 aromatic carbocycles. The molecule has 1 aliphatic heterocycles. The molecular weight excluding hydrogens is 158 g/mol. The zero-order chi connectivity index (χ0) is 8.81. The zero-order valence-electron chi connectivity index (χ0n) is 6.29. The van der Waals surface area contributed by atoms with Crippen LogP contribution in [0.25, 0.3) is 10.4 Å². The smallest absolute Gasteiger partial charge is 0.238 e. The predicted octanol–water partition coefficient (Wildman–Crippen LogP) is 0.681. The summed E-state index contributed by atoms with van der Waals surface area (Å²) >= 11 is 0. The molecule has 1 amide bonds. The summed E-state index contributed by atoms with van der Waals surface area (Å²) in [6.45, 7) is 0.515. The third kappa shape index (κ3) is 2.43. The second-order valence-electron chi connectivity index (χ2n) is 2.14. The molecule has 6 heteroatoms. The van der Waals surface area contributed by atoms with E-state index in [1.54, 1.807) is 23.4 Å². The summed E-state index contributed by atoms with van der Waals surface area (Å²) in [6.07, 6.45) is 5.08. The van der Waals surface area contributed by atoms with E-state index in [4.69, 9.17) is 5.53 Å². The zero-order valence-corrected chi connectivity index (χ0v) is 6.29. The lowest BCUT2D eigenvalue weighted by molar-refractivity contribution is -0.118. The Morgan fingerprint density at radius 3 is 3.25 bits per heavy atom. The Labute approximate surface area is 68.8 Å². The van der Waals surface area contributed by atoms with Crippen LogP contribution in [-0.2, 0) is 4.79 Å². The third-order valence-corrected chi connectivity index (χ3v) is 1.25. The highest BCUT2D eigenvalue weighted by Crippen LogP contribution is 1.95. The summed E-state index contributed by atoms with van der Waals surface area (Å²) in [7, 11) is 0. The maximum absolute atomic E-state index is 10.8. The van der Waals surface area contributed by atoms with Crippen LogP contribution in [0.4, 0.5) is 0 Å². The number of allylic oxidation sites excluding steroid dienone is 1. The molecule has 0 bridgehead atoms. The lowest BCUT2D eigenvalue weighted by Gasteiger charge is -2.16. The van der Waals surface area contributed by atoms with Crippen LogP contribution in [0, 0.1) is 0 Å². The minimum atomic E-state index is -0.501. The van der Waals surface area contributed by atoms with Crippen molar-refractivity contribution in [2.45, 2.75) is 0 Å². The van der Waals surface area contributed by atoms with Crippen LogP contribution in [0.3, 0.4) is 0 Å². The third-order valence-electron chi connectivity index (χ3n) is 1.25. The number of amides is 1.